The van der Waals surface area contributed by atoms with Crippen LogP contribution < -0.4 is 5.32 Å². The molecule has 1 aromatic carbocycles. The van der Waals surface area contributed by atoms with Crippen molar-refractivity contribution in [3.63, 3.8) is 0 Å². The number of nitrogens with one attached hydrogen (secondary N) is 1. The number of ether oxygens (including phenoxy) is 4. The minimum absolute atomic E-state index is 0.0172. The number of carbonyl (C=O) groups is 1. The van der Waals surface area contributed by atoms with Gasteiger partial charge in [0.05, 0.1) is 65.6 Å². The van der Waals surface area contributed by atoms with Crippen LogP contribution in [0.3, 0.4) is 0 Å². The number of aliphatic hydroxyl groups is 2. The van der Waals surface area contributed by atoms with E-state index in [9.17, 15) is 9.90 Å². The largest absolute Gasteiger partial charge is 0.394 e. The van der Waals surface area contributed by atoms with E-state index in [0.717, 1.165) is 36.9 Å². The van der Waals surface area contributed by atoms with Crippen LogP contribution in [-0.4, -0.2) is 81.7 Å². The fourth-order valence-electron chi connectivity index (χ4n) is 7.11. The van der Waals surface area contributed by atoms with Crippen molar-refractivity contribution in [2.45, 2.75) is 193 Å². The Bertz CT molecular complexity index is 902. The number of benzene rings is 1. The normalized spacial score (nSPS) is 12.2. The zero-order valence-electron chi connectivity index (χ0n) is 35.9. The molecule has 0 spiro atoms. The van der Waals surface area contributed by atoms with Crippen molar-refractivity contribution in [2.24, 2.45) is 5.92 Å². The Morgan fingerprint density at radius 2 is 0.891 bits per heavy atom. The van der Waals surface area contributed by atoms with E-state index in [1.54, 1.807) is 0 Å². The lowest BCUT2D eigenvalue weighted by Gasteiger charge is -2.17. The molecule has 0 radical (unpaired) electrons. The van der Waals surface area contributed by atoms with Crippen molar-refractivity contribution in [2.75, 3.05) is 64.8 Å². The zero-order valence-corrected chi connectivity index (χ0v) is 35.9. The van der Waals surface area contributed by atoms with Crippen LogP contribution in [0.15, 0.2) is 24.3 Å². The molecule has 1 unspecified atom stereocenters. The van der Waals surface area contributed by atoms with Gasteiger partial charge >= 0.3 is 0 Å². The summed E-state index contributed by atoms with van der Waals surface area (Å²) in [6, 6.07) is 7.89. The highest BCUT2D eigenvalue weighted by molar-refractivity contribution is 5.92. The molecule has 322 valence electrons. The fraction of sp³-hybridized carbons (Fsp3) is 0.851. The lowest BCUT2D eigenvalue weighted by Crippen LogP contribution is -2.23. The molecule has 8 nitrogen and oxygen atoms in total. The minimum Gasteiger partial charge on any atom is -0.394 e. The molecule has 0 heterocycles. The summed E-state index contributed by atoms with van der Waals surface area (Å²) in [5.41, 5.74) is 1.84. The lowest BCUT2D eigenvalue weighted by molar-refractivity contribution is -0.120. The van der Waals surface area contributed by atoms with Crippen LogP contribution in [0.1, 0.15) is 186 Å². The van der Waals surface area contributed by atoms with Crippen molar-refractivity contribution in [1.29, 1.82) is 0 Å². The summed E-state index contributed by atoms with van der Waals surface area (Å²) in [6.07, 6.45) is 33.8. The number of aliphatic hydroxyl groups excluding tert-OH is 2. The highest BCUT2D eigenvalue weighted by Gasteiger charge is 2.18. The molecule has 1 rings (SSSR count). The van der Waals surface area contributed by atoms with Gasteiger partial charge in [-0.2, -0.15) is 0 Å². The van der Waals surface area contributed by atoms with Crippen LogP contribution in [0.2, 0.25) is 0 Å². The topological polar surface area (TPSA) is 106 Å². The molecule has 0 aliphatic rings. The van der Waals surface area contributed by atoms with Gasteiger partial charge in [0.2, 0.25) is 5.91 Å². The lowest BCUT2D eigenvalue weighted by atomic mass is 9.93. The minimum atomic E-state index is -0.613. The maximum absolute atomic E-state index is 13.5. The molecule has 0 aliphatic carbocycles. The van der Waals surface area contributed by atoms with Gasteiger partial charge in [-0.15, -0.1) is 0 Å². The first-order chi connectivity index (χ1) is 27.1. The van der Waals surface area contributed by atoms with Gasteiger partial charge < -0.3 is 34.5 Å². The highest BCUT2D eigenvalue weighted by atomic mass is 16.6. The third-order valence-electron chi connectivity index (χ3n) is 10.5. The second-order valence-electron chi connectivity index (χ2n) is 15.7. The Morgan fingerprint density at radius 3 is 1.29 bits per heavy atom. The number of hydrogen-bond acceptors (Lipinski definition) is 7. The van der Waals surface area contributed by atoms with E-state index < -0.39 is 6.10 Å². The quantitative estimate of drug-likeness (QED) is 0.0567. The van der Waals surface area contributed by atoms with Crippen molar-refractivity contribution in [1.82, 2.24) is 0 Å². The molecule has 3 N–H and O–H groups in total. The third kappa shape index (κ3) is 34.2. The monoisotopic (exact) mass is 778 g/mol. The van der Waals surface area contributed by atoms with Crippen molar-refractivity contribution in [3.8, 4) is 0 Å². The number of anilines is 1. The summed E-state index contributed by atoms with van der Waals surface area (Å²) >= 11 is 0. The molecule has 0 fully saturated rings. The van der Waals surface area contributed by atoms with E-state index in [1.807, 2.05) is 24.3 Å². The van der Waals surface area contributed by atoms with Crippen LogP contribution in [-0.2, 0) is 30.2 Å². The Labute approximate surface area is 338 Å². The standard InChI is InChI=1S/C47H87NO7/c1-3-5-7-9-11-13-15-17-19-21-23-25-27-44(28-26-24-22-20-18-16-14-12-10-8-6-4-2)47(51)48-45-31-29-43(30-32-45)41-46(50)42-55-40-39-54-38-37-53-36-35-52-34-33-49/h29-32,44,46,49-50H,3-28,33-42H2,1-2H3,(H,48,51). The Kier molecular flexibility index (Phi) is 38.0. The fourth-order valence-corrected chi connectivity index (χ4v) is 7.11. The van der Waals surface area contributed by atoms with Gasteiger partial charge in [0.15, 0.2) is 0 Å². The van der Waals surface area contributed by atoms with Crippen molar-refractivity contribution >= 4 is 11.6 Å². The maximum Gasteiger partial charge on any atom is 0.227 e. The summed E-state index contributed by atoms with van der Waals surface area (Å²) in [6.45, 7) is 7.85. The summed E-state index contributed by atoms with van der Waals surface area (Å²) < 4.78 is 21.6. The zero-order chi connectivity index (χ0) is 39.7. The summed E-state index contributed by atoms with van der Waals surface area (Å²) in [5, 5.41) is 22.4. The van der Waals surface area contributed by atoms with E-state index in [-0.39, 0.29) is 25.0 Å². The van der Waals surface area contributed by atoms with Gasteiger partial charge in [-0.25, -0.2) is 0 Å². The summed E-state index contributed by atoms with van der Waals surface area (Å²) in [5.74, 6) is 0.228. The number of amides is 1. The SMILES string of the molecule is CCCCCCCCCCCCCCC(CCCCCCCCCCCCCC)C(=O)Nc1ccc(CC(O)COCCOCCOCCOCCO)cc1. The molecule has 1 aromatic rings. The van der Waals surface area contributed by atoms with E-state index in [0.29, 0.717) is 52.7 Å². The van der Waals surface area contributed by atoms with Gasteiger partial charge in [0.25, 0.3) is 0 Å². The van der Waals surface area contributed by atoms with Gasteiger partial charge in [-0.05, 0) is 30.5 Å². The van der Waals surface area contributed by atoms with Gasteiger partial charge in [-0.1, -0.05) is 180 Å². The van der Waals surface area contributed by atoms with Gasteiger partial charge in [0.1, 0.15) is 0 Å². The molecule has 0 aliphatic heterocycles. The summed E-state index contributed by atoms with van der Waals surface area (Å²) in [7, 11) is 0. The van der Waals surface area contributed by atoms with Crippen LogP contribution in [0, 0.1) is 5.92 Å². The molecule has 1 amide bonds. The molecule has 1 atom stereocenters. The Balaban J connectivity index is 2.36. The van der Waals surface area contributed by atoms with Crippen molar-refractivity contribution in [3.05, 3.63) is 29.8 Å². The molecule has 0 saturated heterocycles. The molecule has 0 saturated carbocycles. The number of carbonyl (C=O) groups excluding carboxylic acids is 1. The molecule has 55 heavy (non-hydrogen) atoms. The predicted octanol–water partition coefficient (Wildman–Crippen LogP) is 11.4. The highest BCUT2D eigenvalue weighted by Crippen LogP contribution is 2.23. The van der Waals surface area contributed by atoms with Crippen LogP contribution >= 0.6 is 0 Å². The Morgan fingerprint density at radius 1 is 0.527 bits per heavy atom. The van der Waals surface area contributed by atoms with Crippen LogP contribution in [0.5, 0.6) is 0 Å². The van der Waals surface area contributed by atoms with Gasteiger partial charge in [0, 0.05) is 18.0 Å². The molecule has 0 bridgehead atoms. The third-order valence-corrected chi connectivity index (χ3v) is 10.5. The van der Waals surface area contributed by atoms with Crippen LogP contribution in [0.4, 0.5) is 5.69 Å². The molecular weight excluding hydrogens is 691 g/mol. The average molecular weight is 778 g/mol. The summed E-state index contributed by atoms with van der Waals surface area (Å²) in [4.78, 5) is 13.5. The molecular formula is C47H87NO7. The predicted molar refractivity (Wildman–Crippen MR) is 230 cm³/mol. The number of rotatable bonds is 43. The first-order valence-corrected chi connectivity index (χ1v) is 23.1. The second kappa shape index (κ2) is 40.6. The first-order valence-electron chi connectivity index (χ1n) is 23.1. The van der Waals surface area contributed by atoms with E-state index in [4.69, 9.17) is 24.1 Å². The van der Waals surface area contributed by atoms with E-state index in [1.165, 1.54) is 141 Å². The molecule has 0 aromatic heterocycles. The number of unbranched alkanes of at least 4 members (excludes halogenated alkanes) is 22. The van der Waals surface area contributed by atoms with E-state index >= 15 is 0 Å². The molecule has 8 heteroatoms. The Hall–Kier alpha value is -1.55. The van der Waals surface area contributed by atoms with Crippen molar-refractivity contribution < 1.29 is 34.0 Å². The second-order valence-corrected chi connectivity index (χ2v) is 15.7. The maximum atomic E-state index is 13.5. The average Bonchev–Trinajstić information content (AvgIpc) is 3.19. The van der Waals surface area contributed by atoms with Gasteiger partial charge in [-0.3, -0.25) is 4.79 Å². The van der Waals surface area contributed by atoms with E-state index in [2.05, 4.69) is 19.2 Å². The number of hydrogen-bond donors (Lipinski definition) is 3. The van der Waals surface area contributed by atoms with Crippen LogP contribution in [0.25, 0.3) is 0 Å². The smallest absolute Gasteiger partial charge is 0.227 e. The first kappa shape index (κ1) is 51.5.